The van der Waals surface area contributed by atoms with E-state index >= 15 is 0 Å². The molecule has 18 heavy (non-hydrogen) atoms. The van der Waals surface area contributed by atoms with Crippen LogP contribution in [-0.4, -0.2) is 42.0 Å². The van der Waals surface area contributed by atoms with E-state index in [1.54, 1.807) is 17.0 Å². The Hall–Kier alpha value is -0.550. The second-order valence-corrected chi connectivity index (χ2v) is 4.36. The largest absolute Gasteiger partial charge is 0.336 e. The van der Waals surface area contributed by atoms with Gasteiger partial charge in [-0.15, -0.1) is 24.8 Å². The topological polar surface area (TPSA) is 45.2 Å². The minimum Gasteiger partial charge on any atom is -0.336 e. The van der Waals surface area contributed by atoms with Crippen LogP contribution in [0.5, 0.6) is 0 Å². The Bertz CT molecular complexity index is 380. The molecule has 1 N–H and O–H groups in total. The summed E-state index contributed by atoms with van der Waals surface area (Å²) in [6.45, 7) is 1.83. The molecule has 1 aromatic rings. The number of amides is 1. The fourth-order valence-corrected chi connectivity index (χ4v) is 1.93. The highest BCUT2D eigenvalue weighted by Crippen LogP contribution is 2.12. The number of likely N-dealkylation sites (N-methyl/N-ethyl adjacent to an activating group) is 1. The quantitative estimate of drug-likeness (QED) is 0.908. The Morgan fingerprint density at radius 2 is 2.22 bits per heavy atom. The lowest BCUT2D eigenvalue weighted by Gasteiger charge is -2.23. The zero-order valence-electron chi connectivity index (χ0n) is 9.93. The molecule has 1 aliphatic heterocycles. The molecule has 1 unspecified atom stereocenters. The van der Waals surface area contributed by atoms with E-state index in [-0.39, 0.29) is 36.8 Å². The Morgan fingerprint density at radius 1 is 1.50 bits per heavy atom. The van der Waals surface area contributed by atoms with Gasteiger partial charge in [-0.3, -0.25) is 4.79 Å². The second-order valence-electron chi connectivity index (χ2n) is 3.92. The van der Waals surface area contributed by atoms with Crippen molar-refractivity contribution >= 4 is 42.3 Å². The fourth-order valence-electron chi connectivity index (χ4n) is 1.82. The van der Waals surface area contributed by atoms with Crippen LogP contribution in [0.15, 0.2) is 18.3 Å². The summed E-state index contributed by atoms with van der Waals surface area (Å²) in [5, 5.41) is 3.78. The van der Waals surface area contributed by atoms with Crippen LogP contribution in [0, 0.1) is 0 Å². The highest BCUT2D eigenvalue weighted by Gasteiger charge is 2.24. The lowest BCUT2D eigenvalue weighted by molar-refractivity contribution is 0.0738. The highest BCUT2D eigenvalue weighted by molar-refractivity contribution is 6.30. The summed E-state index contributed by atoms with van der Waals surface area (Å²) in [7, 11) is 1.82. The Labute approximate surface area is 124 Å². The molecule has 0 bridgehead atoms. The van der Waals surface area contributed by atoms with E-state index < -0.39 is 0 Å². The monoisotopic (exact) mass is 311 g/mol. The molecule has 1 aliphatic rings. The zero-order chi connectivity index (χ0) is 11.5. The van der Waals surface area contributed by atoms with Crippen LogP contribution in [0.2, 0.25) is 5.02 Å². The minimum atomic E-state index is -0.0506. The second kappa shape index (κ2) is 7.79. The molecule has 2 heterocycles. The number of nitrogens with zero attached hydrogens (tertiary/aromatic N) is 2. The van der Waals surface area contributed by atoms with Gasteiger partial charge in [0.15, 0.2) is 0 Å². The molecule has 2 rings (SSSR count). The predicted molar refractivity (Wildman–Crippen MR) is 77.1 cm³/mol. The first-order valence-electron chi connectivity index (χ1n) is 5.28. The van der Waals surface area contributed by atoms with E-state index in [1.807, 2.05) is 7.05 Å². The molecule has 0 radical (unpaired) electrons. The minimum absolute atomic E-state index is 0. The first kappa shape index (κ1) is 17.4. The van der Waals surface area contributed by atoms with Crippen molar-refractivity contribution in [3.05, 3.63) is 29.0 Å². The molecular formula is C11H16Cl3N3O. The number of hydrogen-bond acceptors (Lipinski definition) is 3. The van der Waals surface area contributed by atoms with E-state index in [1.165, 1.54) is 6.20 Å². The number of aromatic nitrogens is 1. The van der Waals surface area contributed by atoms with E-state index in [0.717, 1.165) is 19.5 Å². The maximum absolute atomic E-state index is 12.0. The Morgan fingerprint density at radius 3 is 2.72 bits per heavy atom. The Kier molecular flexibility index (Phi) is 7.55. The van der Waals surface area contributed by atoms with Gasteiger partial charge < -0.3 is 10.2 Å². The van der Waals surface area contributed by atoms with Crippen LogP contribution in [0.3, 0.4) is 0 Å². The fraction of sp³-hybridized carbons (Fsp3) is 0.455. The predicted octanol–water partition coefficient (Wildman–Crippen LogP) is 2.01. The number of hydrogen-bond donors (Lipinski definition) is 1. The smallest absolute Gasteiger partial charge is 0.272 e. The number of carbonyl (C=O) groups excluding carboxylic acids is 1. The standard InChI is InChI=1S/C11H14ClN3O.2ClH/c1-15(9-4-5-13-7-9)11(16)10-3-2-8(12)6-14-10;;/h2-3,6,9,13H,4-5,7H2,1H3;2*1H. The molecule has 0 spiro atoms. The van der Waals surface area contributed by atoms with Gasteiger partial charge in [-0.25, -0.2) is 4.98 Å². The molecule has 4 nitrogen and oxygen atoms in total. The Balaban J connectivity index is 0.00000144. The van der Waals surface area contributed by atoms with E-state index in [9.17, 15) is 4.79 Å². The molecule has 102 valence electrons. The number of carbonyl (C=O) groups is 1. The van der Waals surface area contributed by atoms with Gasteiger partial charge in [0.25, 0.3) is 5.91 Å². The molecule has 1 atom stereocenters. The van der Waals surface area contributed by atoms with Crippen molar-refractivity contribution in [2.24, 2.45) is 0 Å². The summed E-state index contributed by atoms with van der Waals surface area (Å²) in [5.41, 5.74) is 0.443. The molecule has 1 saturated heterocycles. The summed E-state index contributed by atoms with van der Waals surface area (Å²) < 4.78 is 0. The maximum atomic E-state index is 12.0. The average molecular weight is 313 g/mol. The number of nitrogens with one attached hydrogen (secondary N) is 1. The van der Waals surface area contributed by atoms with Crippen molar-refractivity contribution in [3.63, 3.8) is 0 Å². The van der Waals surface area contributed by atoms with Crippen molar-refractivity contribution < 1.29 is 4.79 Å². The third-order valence-corrected chi connectivity index (χ3v) is 3.07. The van der Waals surface area contributed by atoms with Gasteiger partial charge in [0.05, 0.1) is 5.02 Å². The summed E-state index contributed by atoms with van der Waals surface area (Å²) >= 11 is 5.73. The molecule has 0 aromatic carbocycles. The van der Waals surface area contributed by atoms with Gasteiger partial charge in [-0.05, 0) is 25.1 Å². The van der Waals surface area contributed by atoms with Crippen molar-refractivity contribution in [2.75, 3.05) is 20.1 Å². The van der Waals surface area contributed by atoms with Crippen LogP contribution < -0.4 is 5.32 Å². The zero-order valence-corrected chi connectivity index (χ0v) is 12.3. The molecule has 1 amide bonds. The van der Waals surface area contributed by atoms with Crippen LogP contribution in [-0.2, 0) is 0 Å². The third-order valence-electron chi connectivity index (χ3n) is 2.85. The van der Waals surface area contributed by atoms with Crippen molar-refractivity contribution in [1.29, 1.82) is 0 Å². The number of rotatable bonds is 2. The van der Waals surface area contributed by atoms with Crippen molar-refractivity contribution in [2.45, 2.75) is 12.5 Å². The van der Waals surface area contributed by atoms with Gasteiger partial charge in [0.2, 0.25) is 0 Å². The normalized spacial score (nSPS) is 17.6. The van der Waals surface area contributed by atoms with Crippen LogP contribution >= 0.6 is 36.4 Å². The van der Waals surface area contributed by atoms with E-state index in [4.69, 9.17) is 11.6 Å². The molecular weight excluding hydrogens is 296 g/mol. The summed E-state index contributed by atoms with van der Waals surface area (Å²) in [4.78, 5) is 17.8. The van der Waals surface area contributed by atoms with Gasteiger partial charge in [-0.1, -0.05) is 11.6 Å². The highest BCUT2D eigenvalue weighted by atomic mass is 35.5. The first-order chi connectivity index (χ1) is 7.68. The van der Waals surface area contributed by atoms with E-state index in [0.29, 0.717) is 10.7 Å². The van der Waals surface area contributed by atoms with E-state index in [2.05, 4.69) is 10.3 Å². The lowest BCUT2D eigenvalue weighted by atomic mass is 10.2. The van der Waals surface area contributed by atoms with Crippen LogP contribution in [0.25, 0.3) is 0 Å². The summed E-state index contributed by atoms with van der Waals surface area (Å²) in [5.74, 6) is -0.0506. The van der Waals surface area contributed by atoms with Gasteiger partial charge in [0, 0.05) is 25.8 Å². The number of pyridine rings is 1. The van der Waals surface area contributed by atoms with Gasteiger partial charge in [-0.2, -0.15) is 0 Å². The van der Waals surface area contributed by atoms with Crippen LogP contribution in [0.4, 0.5) is 0 Å². The molecule has 7 heteroatoms. The summed E-state index contributed by atoms with van der Waals surface area (Å²) in [6.07, 6.45) is 2.49. The number of halogens is 3. The average Bonchev–Trinajstić information content (AvgIpc) is 2.81. The molecule has 0 saturated carbocycles. The molecule has 1 fully saturated rings. The van der Waals surface area contributed by atoms with Gasteiger partial charge >= 0.3 is 0 Å². The molecule has 1 aromatic heterocycles. The van der Waals surface area contributed by atoms with Gasteiger partial charge in [0.1, 0.15) is 5.69 Å². The lowest BCUT2D eigenvalue weighted by Crippen LogP contribution is -2.38. The van der Waals surface area contributed by atoms with Crippen molar-refractivity contribution in [1.82, 2.24) is 15.2 Å². The first-order valence-corrected chi connectivity index (χ1v) is 5.65. The van der Waals surface area contributed by atoms with Crippen molar-refractivity contribution in [3.8, 4) is 0 Å². The third kappa shape index (κ3) is 3.99. The molecule has 0 aliphatic carbocycles. The van der Waals surface area contributed by atoms with Crippen LogP contribution in [0.1, 0.15) is 16.9 Å². The SMILES string of the molecule is CN(C(=O)c1ccc(Cl)cn1)C1CCNC1.Cl.Cl. The maximum Gasteiger partial charge on any atom is 0.272 e. The summed E-state index contributed by atoms with van der Waals surface area (Å²) in [6, 6.07) is 3.61.